The van der Waals surface area contributed by atoms with Gasteiger partial charge in [-0.1, -0.05) is 0 Å². The summed E-state index contributed by atoms with van der Waals surface area (Å²) < 4.78 is 8.46. The Hall–Kier alpha value is -3.93. The summed E-state index contributed by atoms with van der Waals surface area (Å²) in [6, 6.07) is 4.48. The lowest BCUT2D eigenvalue weighted by Gasteiger charge is -2.42. The Bertz CT molecular complexity index is 1430. The molecular formula is C26H35N7O5. The summed E-state index contributed by atoms with van der Waals surface area (Å²) in [6.07, 6.45) is 3.67. The Labute approximate surface area is 220 Å². The van der Waals surface area contributed by atoms with Gasteiger partial charge in [0.1, 0.15) is 28.5 Å². The van der Waals surface area contributed by atoms with E-state index in [9.17, 15) is 19.5 Å². The normalized spacial score (nSPS) is 19.2. The topological polar surface area (TPSA) is 143 Å². The van der Waals surface area contributed by atoms with Gasteiger partial charge in [0.2, 0.25) is 0 Å². The zero-order chi connectivity index (χ0) is 28.0. The number of hydrogen-bond donors (Lipinski definition) is 3. The monoisotopic (exact) mass is 525 g/mol. The smallest absolute Gasteiger partial charge is 0.415 e. The number of aliphatic hydroxyl groups is 1. The summed E-state index contributed by atoms with van der Waals surface area (Å²) in [4.78, 5) is 44.9. The minimum Gasteiger partial charge on any atom is -0.443 e. The number of carbonyl (C=O) groups is 2. The van der Waals surface area contributed by atoms with Crippen molar-refractivity contribution in [2.24, 2.45) is 0 Å². The molecule has 3 heterocycles. The minimum absolute atomic E-state index is 0.0533. The van der Waals surface area contributed by atoms with Gasteiger partial charge in [-0.3, -0.25) is 14.5 Å². The lowest BCUT2D eigenvalue weighted by molar-refractivity contribution is -0.0486. The van der Waals surface area contributed by atoms with Gasteiger partial charge < -0.3 is 25.0 Å². The maximum Gasteiger partial charge on any atom is 0.415 e. The highest BCUT2D eigenvalue weighted by atomic mass is 16.6. The Balaban J connectivity index is 1.79. The fraction of sp³-hybridized carbons (Fsp3) is 0.500. The summed E-state index contributed by atoms with van der Waals surface area (Å²) in [5.74, 6) is 0.0376. The number of nitrogens with zero attached hydrogens (tertiary/aromatic N) is 5. The number of nitrogens with one attached hydrogen (secondary N) is 2. The van der Waals surface area contributed by atoms with Crippen molar-refractivity contribution in [2.75, 3.05) is 17.3 Å². The van der Waals surface area contributed by atoms with E-state index in [0.717, 1.165) is 0 Å². The van der Waals surface area contributed by atoms with E-state index >= 15 is 0 Å². The fourth-order valence-electron chi connectivity index (χ4n) is 4.15. The molecule has 1 aliphatic carbocycles. The van der Waals surface area contributed by atoms with Crippen molar-refractivity contribution in [2.45, 2.75) is 77.7 Å². The quantitative estimate of drug-likeness (QED) is 0.445. The van der Waals surface area contributed by atoms with Crippen LogP contribution >= 0.6 is 0 Å². The molecular weight excluding hydrogens is 490 g/mol. The van der Waals surface area contributed by atoms with Gasteiger partial charge in [0.05, 0.1) is 17.8 Å². The molecule has 3 aromatic rings. The van der Waals surface area contributed by atoms with Crippen molar-refractivity contribution in [3.8, 4) is 0 Å². The largest absolute Gasteiger partial charge is 0.443 e. The van der Waals surface area contributed by atoms with E-state index in [-0.39, 0.29) is 40.1 Å². The first-order valence-electron chi connectivity index (χ1n) is 12.5. The third-order valence-corrected chi connectivity index (χ3v) is 6.50. The van der Waals surface area contributed by atoms with E-state index in [1.807, 2.05) is 13.8 Å². The molecule has 2 atom stereocenters. The van der Waals surface area contributed by atoms with Crippen molar-refractivity contribution >= 4 is 35.0 Å². The predicted molar refractivity (Wildman–Crippen MR) is 143 cm³/mol. The third-order valence-electron chi connectivity index (χ3n) is 6.50. The molecule has 0 spiro atoms. The highest BCUT2D eigenvalue weighted by molar-refractivity contribution is 6.00. The first kappa shape index (κ1) is 27.1. The molecule has 1 saturated carbocycles. The molecule has 0 unspecified atom stereocenters. The van der Waals surface area contributed by atoms with Crippen molar-refractivity contribution in [3.63, 3.8) is 0 Å². The van der Waals surface area contributed by atoms with E-state index in [1.165, 1.54) is 22.7 Å². The molecule has 2 amide bonds. The van der Waals surface area contributed by atoms with Gasteiger partial charge in [0.15, 0.2) is 5.65 Å². The summed E-state index contributed by atoms with van der Waals surface area (Å²) in [7, 11) is 1.52. The third kappa shape index (κ3) is 5.35. The van der Waals surface area contributed by atoms with E-state index < -0.39 is 29.2 Å². The number of anilines is 3. The Morgan fingerprint density at radius 2 is 2.03 bits per heavy atom. The maximum atomic E-state index is 13.2. The summed E-state index contributed by atoms with van der Waals surface area (Å²) in [5, 5.41) is 20.5. The standard InChI is InChI=1S/C26H35N7O5/c1-15(2)32-12-8-9-17(23(32)35)28-19-13-20(31(7)24(36)38-25(3,4)5)33-21(30-19)16(14-27-33)22(34)29-18-10-11-26(18,6)37/h8-9,12-15,18,37H,10-11H2,1-7H3,(H,28,30)(H,29,34)/t18-,26+/m0/s1. The first-order chi connectivity index (χ1) is 17.7. The SMILES string of the molecule is CC(C)n1cccc(Nc2cc(N(C)C(=O)OC(C)(C)C)n3ncc(C(=O)N[C@H]4CC[C@@]4(C)O)c3n2)c1=O. The second kappa shape index (κ2) is 9.75. The van der Waals surface area contributed by atoms with E-state index in [2.05, 4.69) is 20.7 Å². The molecule has 0 saturated heterocycles. The molecule has 12 nitrogen and oxygen atoms in total. The molecule has 204 valence electrons. The number of ether oxygens (including phenoxy) is 1. The summed E-state index contributed by atoms with van der Waals surface area (Å²) in [5.41, 5.74) is -1.37. The number of carbonyl (C=O) groups excluding carboxylic acids is 2. The molecule has 38 heavy (non-hydrogen) atoms. The molecule has 1 aliphatic rings. The van der Waals surface area contributed by atoms with Crippen LogP contribution in [0.4, 0.5) is 22.1 Å². The number of fused-ring (bicyclic) bond motifs is 1. The van der Waals surface area contributed by atoms with Crippen LogP contribution in [0.2, 0.25) is 0 Å². The van der Waals surface area contributed by atoms with Crippen LogP contribution in [0.25, 0.3) is 5.65 Å². The second-order valence-corrected chi connectivity index (χ2v) is 11.1. The van der Waals surface area contributed by atoms with Gasteiger partial charge in [0, 0.05) is 25.4 Å². The molecule has 3 aromatic heterocycles. The molecule has 0 radical (unpaired) electrons. The number of amides is 2. The van der Waals surface area contributed by atoms with Crippen molar-refractivity contribution in [1.29, 1.82) is 0 Å². The molecule has 0 aliphatic heterocycles. The van der Waals surface area contributed by atoms with Crippen molar-refractivity contribution < 1.29 is 19.4 Å². The molecule has 0 bridgehead atoms. The zero-order valence-electron chi connectivity index (χ0n) is 22.8. The van der Waals surface area contributed by atoms with Gasteiger partial charge in [-0.05, 0) is 66.5 Å². The van der Waals surface area contributed by atoms with Crippen LogP contribution in [-0.2, 0) is 4.74 Å². The fourth-order valence-corrected chi connectivity index (χ4v) is 4.15. The predicted octanol–water partition coefficient (Wildman–Crippen LogP) is 3.23. The Morgan fingerprint density at radius 3 is 2.61 bits per heavy atom. The number of rotatable bonds is 6. The Kier molecular flexibility index (Phi) is 6.96. The van der Waals surface area contributed by atoms with Crippen molar-refractivity contribution in [3.05, 3.63) is 46.5 Å². The number of aromatic nitrogens is 4. The van der Waals surface area contributed by atoms with Gasteiger partial charge in [-0.15, -0.1) is 0 Å². The van der Waals surface area contributed by atoms with Crippen molar-refractivity contribution in [1.82, 2.24) is 24.5 Å². The second-order valence-electron chi connectivity index (χ2n) is 11.1. The van der Waals surface area contributed by atoms with E-state index in [4.69, 9.17) is 4.74 Å². The molecule has 3 N–H and O–H groups in total. The van der Waals surface area contributed by atoms with E-state index in [1.54, 1.807) is 56.7 Å². The maximum absolute atomic E-state index is 13.2. The minimum atomic E-state index is -0.982. The molecule has 4 rings (SSSR count). The number of pyridine rings is 1. The average Bonchev–Trinajstić information content (AvgIpc) is 3.25. The lowest BCUT2D eigenvalue weighted by atomic mass is 9.76. The van der Waals surface area contributed by atoms with Crippen LogP contribution in [0.5, 0.6) is 0 Å². The average molecular weight is 526 g/mol. The highest BCUT2D eigenvalue weighted by Gasteiger charge is 2.42. The van der Waals surface area contributed by atoms with Gasteiger partial charge in [0.25, 0.3) is 11.5 Å². The van der Waals surface area contributed by atoms with E-state index in [0.29, 0.717) is 12.8 Å². The van der Waals surface area contributed by atoms with Crippen LogP contribution in [0.15, 0.2) is 35.4 Å². The van der Waals surface area contributed by atoms with Crippen LogP contribution in [0.1, 0.15) is 70.8 Å². The van der Waals surface area contributed by atoms with Gasteiger partial charge >= 0.3 is 6.09 Å². The van der Waals surface area contributed by atoms with Crippen LogP contribution in [0, 0.1) is 0 Å². The summed E-state index contributed by atoms with van der Waals surface area (Å²) in [6.45, 7) is 10.8. The molecule has 12 heteroatoms. The molecule has 1 fully saturated rings. The first-order valence-corrected chi connectivity index (χ1v) is 12.5. The zero-order valence-corrected chi connectivity index (χ0v) is 22.8. The lowest BCUT2D eigenvalue weighted by Crippen LogP contribution is -2.58. The van der Waals surface area contributed by atoms with Gasteiger partial charge in [-0.2, -0.15) is 9.61 Å². The van der Waals surface area contributed by atoms with Crippen LogP contribution in [-0.4, -0.2) is 60.6 Å². The molecule has 0 aromatic carbocycles. The van der Waals surface area contributed by atoms with Gasteiger partial charge in [-0.25, -0.2) is 9.78 Å². The van der Waals surface area contributed by atoms with Crippen LogP contribution in [0.3, 0.4) is 0 Å². The Morgan fingerprint density at radius 1 is 1.32 bits per heavy atom. The number of hydrogen-bond acceptors (Lipinski definition) is 8. The van der Waals surface area contributed by atoms with Crippen LogP contribution < -0.4 is 21.1 Å². The highest BCUT2D eigenvalue weighted by Crippen LogP contribution is 2.32. The summed E-state index contributed by atoms with van der Waals surface area (Å²) >= 11 is 0.